The Morgan fingerprint density at radius 2 is 1.59 bits per heavy atom. The standard InChI is InChI=1S/C21H28N2O3S/c1-7-20(21(24)22-19-13-14(2)8-9-17(19)5)23(27(6,25)26)18-11-15(3)10-16(4)12-18/h8-13,20H,7H2,1-6H3,(H,22,24)/t20-/m1/s1. The first-order chi connectivity index (χ1) is 12.5. The maximum absolute atomic E-state index is 13.0. The average molecular weight is 389 g/mol. The van der Waals surface area contributed by atoms with Crippen molar-refractivity contribution in [1.29, 1.82) is 0 Å². The topological polar surface area (TPSA) is 66.5 Å². The molecule has 6 heteroatoms. The van der Waals surface area contributed by atoms with Gasteiger partial charge in [0, 0.05) is 5.69 Å². The summed E-state index contributed by atoms with van der Waals surface area (Å²) in [6, 6.07) is 10.5. The average Bonchev–Trinajstić information content (AvgIpc) is 2.53. The normalized spacial score (nSPS) is 12.5. The van der Waals surface area contributed by atoms with Gasteiger partial charge in [-0.1, -0.05) is 25.1 Å². The van der Waals surface area contributed by atoms with Gasteiger partial charge in [-0.15, -0.1) is 0 Å². The fraction of sp³-hybridized carbons (Fsp3) is 0.381. The molecule has 0 radical (unpaired) electrons. The smallest absolute Gasteiger partial charge is 0.248 e. The zero-order valence-electron chi connectivity index (χ0n) is 16.8. The van der Waals surface area contributed by atoms with E-state index in [0.717, 1.165) is 28.5 Å². The Balaban J connectivity index is 2.46. The van der Waals surface area contributed by atoms with Crippen molar-refractivity contribution in [3.63, 3.8) is 0 Å². The van der Waals surface area contributed by atoms with Crippen molar-refractivity contribution >= 4 is 27.3 Å². The predicted molar refractivity (Wildman–Crippen MR) is 112 cm³/mol. The van der Waals surface area contributed by atoms with E-state index in [1.54, 1.807) is 12.1 Å². The summed E-state index contributed by atoms with van der Waals surface area (Å²) in [4.78, 5) is 13.0. The van der Waals surface area contributed by atoms with Crippen molar-refractivity contribution in [2.75, 3.05) is 15.9 Å². The van der Waals surface area contributed by atoms with E-state index in [9.17, 15) is 13.2 Å². The van der Waals surface area contributed by atoms with Crippen molar-refractivity contribution < 1.29 is 13.2 Å². The van der Waals surface area contributed by atoms with Crippen LogP contribution in [0.4, 0.5) is 11.4 Å². The van der Waals surface area contributed by atoms with Crippen LogP contribution in [-0.2, 0) is 14.8 Å². The quantitative estimate of drug-likeness (QED) is 0.810. The summed E-state index contributed by atoms with van der Waals surface area (Å²) in [5.41, 5.74) is 5.07. The number of hydrogen-bond donors (Lipinski definition) is 1. The summed E-state index contributed by atoms with van der Waals surface area (Å²) in [5.74, 6) is -0.337. The summed E-state index contributed by atoms with van der Waals surface area (Å²) in [7, 11) is -3.65. The highest BCUT2D eigenvalue weighted by Crippen LogP contribution is 2.26. The van der Waals surface area contributed by atoms with Crippen LogP contribution in [-0.4, -0.2) is 26.6 Å². The molecule has 27 heavy (non-hydrogen) atoms. The molecule has 0 spiro atoms. The van der Waals surface area contributed by atoms with Gasteiger partial charge in [0.25, 0.3) is 0 Å². The molecule has 2 rings (SSSR count). The number of hydrogen-bond acceptors (Lipinski definition) is 3. The molecule has 1 N–H and O–H groups in total. The Morgan fingerprint density at radius 3 is 2.11 bits per heavy atom. The van der Waals surface area contributed by atoms with E-state index in [1.807, 2.05) is 58.9 Å². The third-order valence-corrected chi connectivity index (χ3v) is 5.62. The number of nitrogens with one attached hydrogen (secondary N) is 1. The van der Waals surface area contributed by atoms with Crippen molar-refractivity contribution in [2.24, 2.45) is 0 Å². The minimum atomic E-state index is -3.65. The molecule has 1 amide bonds. The molecule has 0 unspecified atom stereocenters. The van der Waals surface area contributed by atoms with Crippen LogP contribution in [0.5, 0.6) is 0 Å². The molecule has 0 aliphatic heterocycles. The third kappa shape index (κ3) is 5.10. The maximum atomic E-state index is 13.0. The van der Waals surface area contributed by atoms with E-state index in [-0.39, 0.29) is 5.91 Å². The molecule has 0 heterocycles. The Labute approximate surface area is 162 Å². The number of carbonyl (C=O) groups excluding carboxylic acids is 1. The summed E-state index contributed by atoms with van der Waals surface area (Å²) < 4.78 is 26.4. The lowest BCUT2D eigenvalue weighted by molar-refractivity contribution is -0.117. The fourth-order valence-electron chi connectivity index (χ4n) is 3.22. The van der Waals surface area contributed by atoms with Gasteiger partial charge in [-0.05, 0) is 74.6 Å². The van der Waals surface area contributed by atoms with E-state index in [0.29, 0.717) is 17.8 Å². The summed E-state index contributed by atoms with van der Waals surface area (Å²) in [6.45, 7) is 9.50. The Bertz CT molecular complexity index is 932. The third-order valence-electron chi connectivity index (χ3n) is 4.44. The van der Waals surface area contributed by atoms with Crippen molar-refractivity contribution in [3.8, 4) is 0 Å². The molecular formula is C21H28N2O3S. The van der Waals surface area contributed by atoms with Crippen LogP contribution in [0.15, 0.2) is 36.4 Å². The van der Waals surface area contributed by atoms with Gasteiger partial charge >= 0.3 is 0 Å². The van der Waals surface area contributed by atoms with Crippen molar-refractivity contribution in [3.05, 3.63) is 58.7 Å². The van der Waals surface area contributed by atoms with E-state index in [2.05, 4.69) is 5.32 Å². The molecule has 0 aliphatic rings. The molecule has 5 nitrogen and oxygen atoms in total. The zero-order valence-corrected chi connectivity index (χ0v) is 17.6. The number of sulfonamides is 1. The molecule has 2 aromatic carbocycles. The lowest BCUT2D eigenvalue weighted by Gasteiger charge is -2.30. The maximum Gasteiger partial charge on any atom is 0.248 e. The molecule has 0 aliphatic carbocycles. The number of benzene rings is 2. The minimum Gasteiger partial charge on any atom is -0.324 e. The molecular weight excluding hydrogens is 360 g/mol. The van der Waals surface area contributed by atoms with Crippen molar-refractivity contribution in [2.45, 2.75) is 47.1 Å². The van der Waals surface area contributed by atoms with Crippen LogP contribution in [0.25, 0.3) is 0 Å². The molecule has 0 bridgehead atoms. The van der Waals surface area contributed by atoms with Crippen LogP contribution >= 0.6 is 0 Å². The minimum absolute atomic E-state index is 0.337. The highest BCUT2D eigenvalue weighted by atomic mass is 32.2. The number of amides is 1. The number of carbonyl (C=O) groups is 1. The van der Waals surface area contributed by atoms with Gasteiger partial charge in [-0.25, -0.2) is 8.42 Å². The van der Waals surface area contributed by atoms with Crippen LogP contribution in [0.2, 0.25) is 0 Å². The SMILES string of the molecule is CC[C@H](C(=O)Nc1cc(C)ccc1C)N(c1cc(C)cc(C)c1)S(C)(=O)=O. The first-order valence-corrected chi connectivity index (χ1v) is 10.8. The number of aryl methyl sites for hydroxylation is 4. The molecule has 0 aromatic heterocycles. The van der Waals surface area contributed by atoms with Crippen LogP contribution < -0.4 is 9.62 Å². The highest BCUT2D eigenvalue weighted by Gasteiger charge is 2.32. The highest BCUT2D eigenvalue weighted by molar-refractivity contribution is 7.92. The fourth-order valence-corrected chi connectivity index (χ4v) is 4.42. The van der Waals surface area contributed by atoms with Crippen molar-refractivity contribution in [1.82, 2.24) is 0 Å². The second kappa shape index (κ2) is 8.13. The van der Waals surface area contributed by atoms with Crippen LogP contribution in [0.3, 0.4) is 0 Å². The molecule has 0 saturated carbocycles. The summed E-state index contributed by atoms with van der Waals surface area (Å²) >= 11 is 0. The van der Waals surface area contributed by atoms with Crippen LogP contribution in [0.1, 0.15) is 35.6 Å². The van der Waals surface area contributed by atoms with E-state index < -0.39 is 16.1 Å². The Hall–Kier alpha value is -2.34. The van der Waals surface area contributed by atoms with E-state index in [4.69, 9.17) is 0 Å². The monoisotopic (exact) mass is 388 g/mol. The van der Waals surface area contributed by atoms with Gasteiger partial charge in [0.2, 0.25) is 15.9 Å². The first kappa shape index (κ1) is 21.0. The second-order valence-electron chi connectivity index (χ2n) is 7.14. The Morgan fingerprint density at radius 1 is 1.00 bits per heavy atom. The van der Waals surface area contributed by atoms with Crippen LogP contribution in [0, 0.1) is 27.7 Å². The van der Waals surface area contributed by atoms with Gasteiger partial charge in [0.1, 0.15) is 6.04 Å². The van der Waals surface area contributed by atoms with Gasteiger partial charge in [0.05, 0.1) is 11.9 Å². The van der Waals surface area contributed by atoms with Gasteiger partial charge in [-0.2, -0.15) is 0 Å². The number of nitrogens with zero attached hydrogens (tertiary/aromatic N) is 1. The van der Waals surface area contributed by atoms with Gasteiger partial charge < -0.3 is 5.32 Å². The first-order valence-electron chi connectivity index (χ1n) is 8.98. The van der Waals surface area contributed by atoms with Gasteiger partial charge in [0.15, 0.2) is 0 Å². The molecule has 0 fully saturated rings. The summed E-state index contributed by atoms with van der Waals surface area (Å²) in [6.07, 6.45) is 1.50. The van der Waals surface area contributed by atoms with E-state index >= 15 is 0 Å². The lowest BCUT2D eigenvalue weighted by atomic mass is 10.1. The van der Waals surface area contributed by atoms with E-state index in [1.165, 1.54) is 4.31 Å². The predicted octanol–water partition coefficient (Wildman–Crippen LogP) is 4.10. The molecule has 146 valence electrons. The molecule has 2 aromatic rings. The zero-order chi connectivity index (χ0) is 20.4. The second-order valence-corrected chi connectivity index (χ2v) is 9.00. The number of anilines is 2. The van der Waals surface area contributed by atoms with Gasteiger partial charge in [-0.3, -0.25) is 9.10 Å². The summed E-state index contributed by atoms with van der Waals surface area (Å²) in [5, 5.41) is 2.91. The molecule has 0 saturated heterocycles. The number of rotatable bonds is 6. The largest absolute Gasteiger partial charge is 0.324 e. The molecule has 1 atom stereocenters. The lowest BCUT2D eigenvalue weighted by Crippen LogP contribution is -2.47. The Kier molecular flexibility index (Phi) is 6.31.